The van der Waals surface area contributed by atoms with Gasteiger partial charge in [0.2, 0.25) is 5.91 Å². The molecule has 0 spiro atoms. The number of carbonyl (C=O) groups excluding carboxylic acids is 1. The topological polar surface area (TPSA) is 101 Å². The molecule has 1 amide bonds. The highest BCUT2D eigenvalue weighted by atomic mass is 35.5. The first-order valence-corrected chi connectivity index (χ1v) is 11.4. The van der Waals surface area contributed by atoms with Gasteiger partial charge in [-0.2, -0.15) is 0 Å². The van der Waals surface area contributed by atoms with Crippen LogP contribution in [0.15, 0.2) is 51.9 Å². The lowest BCUT2D eigenvalue weighted by Crippen LogP contribution is -2.13. The van der Waals surface area contributed by atoms with Crippen LogP contribution < -0.4 is 10.0 Å². The fraction of sp³-hybridized carbons (Fsp3) is 0.182. The molecular weight excluding hydrogens is 438 g/mol. The number of anilines is 2. The number of aromatic nitrogens is 1. The monoisotopic (exact) mass is 459 g/mol. The van der Waals surface area contributed by atoms with Crippen molar-refractivity contribution in [3.63, 3.8) is 0 Å². The third-order valence-corrected chi connectivity index (χ3v) is 6.16. The van der Waals surface area contributed by atoms with Gasteiger partial charge in [-0.05, 0) is 55.3 Å². The number of rotatable bonds is 7. The largest absolute Gasteiger partial charge is 0.354 e. The maximum Gasteiger partial charge on any atom is 0.261 e. The molecule has 0 unspecified atom stereocenters. The van der Waals surface area contributed by atoms with E-state index in [1.165, 1.54) is 12.1 Å². The summed E-state index contributed by atoms with van der Waals surface area (Å²) in [5.74, 6) is 0.267. The van der Waals surface area contributed by atoms with E-state index in [0.29, 0.717) is 34.3 Å². The summed E-state index contributed by atoms with van der Waals surface area (Å²) in [4.78, 5) is 11.8. The Morgan fingerprint density at radius 1 is 1.13 bits per heavy atom. The molecule has 0 atom stereocenters. The number of hydrogen-bond donors (Lipinski definition) is 2. The molecule has 3 rings (SSSR count). The standard InChI is InChI=1S/C22H22ClN3O4S/c1-4-21(27)24-22-15(3)25-30-20(22)12-8-16-6-9-17(10-7-16)31(28,29)26-19-11-5-14(2)13-18(19)23/h5-13,26H,4H2,1-3H3,(H,24,27). The fourth-order valence-electron chi connectivity index (χ4n) is 2.72. The Kier molecular flexibility index (Phi) is 6.82. The van der Waals surface area contributed by atoms with E-state index in [9.17, 15) is 13.2 Å². The number of halogens is 1. The van der Waals surface area contributed by atoms with Gasteiger partial charge in [-0.3, -0.25) is 9.52 Å². The summed E-state index contributed by atoms with van der Waals surface area (Å²) < 4.78 is 33.1. The zero-order valence-electron chi connectivity index (χ0n) is 17.3. The minimum Gasteiger partial charge on any atom is -0.354 e. The number of hydrogen-bond acceptors (Lipinski definition) is 5. The summed E-state index contributed by atoms with van der Waals surface area (Å²) in [6, 6.07) is 11.4. The van der Waals surface area contributed by atoms with Gasteiger partial charge < -0.3 is 9.84 Å². The van der Waals surface area contributed by atoms with Crippen LogP contribution >= 0.6 is 11.6 Å². The third-order valence-electron chi connectivity index (χ3n) is 4.46. The average molecular weight is 460 g/mol. The van der Waals surface area contributed by atoms with E-state index in [1.807, 2.05) is 6.92 Å². The van der Waals surface area contributed by atoms with Gasteiger partial charge in [0, 0.05) is 6.42 Å². The minimum atomic E-state index is -3.79. The Balaban J connectivity index is 1.77. The first kappa shape index (κ1) is 22.6. The van der Waals surface area contributed by atoms with Crippen molar-refractivity contribution in [2.24, 2.45) is 0 Å². The van der Waals surface area contributed by atoms with E-state index in [2.05, 4.69) is 15.2 Å². The summed E-state index contributed by atoms with van der Waals surface area (Å²) in [5, 5.41) is 6.97. The van der Waals surface area contributed by atoms with Crippen molar-refractivity contribution in [3.05, 3.63) is 70.1 Å². The molecule has 3 aromatic rings. The summed E-state index contributed by atoms with van der Waals surface area (Å²) in [7, 11) is -3.79. The van der Waals surface area contributed by atoms with E-state index in [4.69, 9.17) is 16.1 Å². The van der Waals surface area contributed by atoms with Crippen molar-refractivity contribution < 1.29 is 17.7 Å². The van der Waals surface area contributed by atoms with Crippen LogP contribution in [0.25, 0.3) is 12.2 Å². The van der Waals surface area contributed by atoms with E-state index >= 15 is 0 Å². The van der Waals surface area contributed by atoms with E-state index in [0.717, 1.165) is 11.1 Å². The lowest BCUT2D eigenvalue weighted by atomic mass is 10.2. The normalized spacial score (nSPS) is 11.6. The predicted octanol–water partition coefficient (Wildman–Crippen LogP) is 5.26. The van der Waals surface area contributed by atoms with E-state index in [1.54, 1.807) is 56.3 Å². The van der Waals surface area contributed by atoms with Crippen LogP contribution in [0.5, 0.6) is 0 Å². The first-order valence-electron chi connectivity index (χ1n) is 9.53. The lowest BCUT2D eigenvalue weighted by molar-refractivity contribution is -0.115. The molecule has 0 bridgehead atoms. The minimum absolute atomic E-state index is 0.104. The molecule has 0 aliphatic rings. The van der Waals surface area contributed by atoms with Gasteiger partial charge in [-0.15, -0.1) is 0 Å². The van der Waals surface area contributed by atoms with Crippen LogP contribution in [0.4, 0.5) is 11.4 Å². The molecule has 31 heavy (non-hydrogen) atoms. The first-order chi connectivity index (χ1) is 14.7. The van der Waals surface area contributed by atoms with Gasteiger partial charge >= 0.3 is 0 Å². The highest BCUT2D eigenvalue weighted by molar-refractivity contribution is 7.92. The quantitative estimate of drug-likeness (QED) is 0.501. The number of nitrogens with one attached hydrogen (secondary N) is 2. The van der Waals surface area contributed by atoms with Crippen molar-refractivity contribution in [2.75, 3.05) is 10.0 Å². The number of nitrogens with zero attached hydrogens (tertiary/aromatic N) is 1. The number of aryl methyl sites for hydroxylation is 2. The van der Waals surface area contributed by atoms with Crippen molar-refractivity contribution in [1.29, 1.82) is 0 Å². The Bertz CT molecular complexity index is 1230. The maximum absolute atomic E-state index is 12.7. The second kappa shape index (κ2) is 9.36. The lowest BCUT2D eigenvalue weighted by Gasteiger charge is -2.10. The molecule has 0 saturated carbocycles. The second-order valence-electron chi connectivity index (χ2n) is 6.90. The number of carbonyl (C=O) groups is 1. The SMILES string of the molecule is CCC(=O)Nc1c(C)noc1C=Cc1ccc(S(=O)(=O)Nc2ccc(C)cc2Cl)cc1. The van der Waals surface area contributed by atoms with Gasteiger partial charge in [0.15, 0.2) is 5.76 Å². The van der Waals surface area contributed by atoms with Gasteiger partial charge in [-0.1, -0.05) is 48.0 Å². The van der Waals surface area contributed by atoms with Gasteiger partial charge in [0.1, 0.15) is 11.4 Å². The van der Waals surface area contributed by atoms with Crippen LogP contribution in [-0.4, -0.2) is 19.5 Å². The van der Waals surface area contributed by atoms with Gasteiger partial charge in [-0.25, -0.2) is 8.42 Å². The Morgan fingerprint density at radius 2 is 1.84 bits per heavy atom. The number of benzene rings is 2. The van der Waals surface area contributed by atoms with Crippen molar-refractivity contribution >= 4 is 51.1 Å². The molecular formula is C22H22ClN3O4S. The fourth-order valence-corrected chi connectivity index (χ4v) is 4.14. The Morgan fingerprint density at radius 3 is 2.48 bits per heavy atom. The Hall–Kier alpha value is -3.10. The van der Waals surface area contributed by atoms with Gasteiger partial charge in [0.25, 0.3) is 10.0 Å². The van der Waals surface area contributed by atoms with Gasteiger partial charge in [0.05, 0.1) is 15.6 Å². The molecule has 0 saturated heterocycles. The average Bonchev–Trinajstić information content (AvgIpc) is 3.08. The maximum atomic E-state index is 12.7. The third kappa shape index (κ3) is 5.53. The molecule has 9 heteroatoms. The molecule has 162 valence electrons. The molecule has 7 nitrogen and oxygen atoms in total. The summed E-state index contributed by atoms with van der Waals surface area (Å²) in [6.45, 7) is 5.36. The zero-order chi connectivity index (χ0) is 22.6. The molecule has 2 N–H and O–H groups in total. The highest BCUT2D eigenvalue weighted by Crippen LogP contribution is 2.26. The number of amides is 1. The van der Waals surface area contributed by atoms with Crippen molar-refractivity contribution in [2.45, 2.75) is 32.1 Å². The molecule has 0 radical (unpaired) electrons. The van der Waals surface area contributed by atoms with Crippen molar-refractivity contribution in [3.8, 4) is 0 Å². The van der Waals surface area contributed by atoms with Crippen LogP contribution in [0, 0.1) is 13.8 Å². The van der Waals surface area contributed by atoms with Crippen LogP contribution in [0.3, 0.4) is 0 Å². The summed E-state index contributed by atoms with van der Waals surface area (Å²) in [5.41, 5.74) is 3.08. The Labute approximate surface area is 186 Å². The zero-order valence-corrected chi connectivity index (χ0v) is 18.8. The highest BCUT2D eigenvalue weighted by Gasteiger charge is 2.16. The summed E-state index contributed by atoms with van der Waals surface area (Å²) >= 11 is 6.13. The van der Waals surface area contributed by atoms with E-state index < -0.39 is 10.0 Å². The van der Waals surface area contributed by atoms with E-state index in [-0.39, 0.29) is 10.8 Å². The smallest absolute Gasteiger partial charge is 0.261 e. The number of sulfonamides is 1. The molecule has 0 aliphatic heterocycles. The van der Waals surface area contributed by atoms with Crippen LogP contribution in [0.1, 0.15) is 35.9 Å². The second-order valence-corrected chi connectivity index (χ2v) is 8.99. The molecule has 1 heterocycles. The van der Waals surface area contributed by atoms with Crippen LogP contribution in [-0.2, 0) is 14.8 Å². The molecule has 0 aliphatic carbocycles. The molecule has 2 aromatic carbocycles. The predicted molar refractivity (Wildman–Crippen MR) is 123 cm³/mol. The van der Waals surface area contributed by atoms with Crippen LogP contribution in [0.2, 0.25) is 5.02 Å². The summed E-state index contributed by atoms with van der Waals surface area (Å²) in [6.07, 6.45) is 3.74. The van der Waals surface area contributed by atoms with Crippen molar-refractivity contribution in [1.82, 2.24) is 5.16 Å². The molecule has 0 fully saturated rings. The molecule has 1 aromatic heterocycles.